The largest absolute Gasteiger partial charge is 0.508 e. The number of para-hydroxylation sites is 1. The fraction of sp³-hybridized carbons (Fsp3) is 0.286. The van der Waals surface area contributed by atoms with Crippen molar-refractivity contribution in [3.63, 3.8) is 0 Å². The first kappa shape index (κ1) is 17.9. The lowest BCUT2D eigenvalue weighted by Crippen LogP contribution is -3.13. The summed E-state index contributed by atoms with van der Waals surface area (Å²) in [5.41, 5.74) is 2.75. The lowest BCUT2D eigenvalue weighted by atomic mass is 10.1. The molecule has 4 rings (SSSR count). The molecule has 0 radical (unpaired) electrons. The maximum atomic E-state index is 12.0. The van der Waals surface area contributed by atoms with E-state index in [1.165, 1.54) is 4.90 Å². The van der Waals surface area contributed by atoms with Gasteiger partial charge in [0.25, 0.3) is 0 Å². The van der Waals surface area contributed by atoms with Crippen LogP contribution in [0.15, 0.2) is 51.7 Å². The van der Waals surface area contributed by atoms with E-state index < -0.39 is 0 Å². The first-order valence-corrected chi connectivity index (χ1v) is 9.49. The average molecular weight is 386 g/mol. The number of fused-ring (bicyclic) bond motifs is 1. The molecule has 0 amide bonds. The molecular formula is C21H22ClN2O3+. The zero-order valence-electron chi connectivity index (χ0n) is 15.2. The van der Waals surface area contributed by atoms with Crippen molar-refractivity contribution in [2.45, 2.75) is 13.5 Å². The summed E-state index contributed by atoms with van der Waals surface area (Å²) in [6, 6.07) is 13.0. The number of phenolic OH excluding ortho intramolecular Hbond substituents is 1. The second kappa shape index (κ2) is 7.25. The van der Waals surface area contributed by atoms with Crippen LogP contribution >= 0.6 is 11.6 Å². The Morgan fingerprint density at radius 2 is 1.93 bits per heavy atom. The summed E-state index contributed by atoms with van der Waals surface area (Å²) >= 11 is 6.32. The van der Waals surface area contributed by atoms with Gasteiger partial charge >= 0.3 is 5.63 Å². The number of hydrogen-bond donors (Lipinski definition) is 2. The van der Waals surface area contributed by atoms with Crippen LogP contribution in [0.2, 0.25) is 5.02 Å². The maximum Gasteiger partial charge on any atom is 0.336 e. The van der Waals surface area contributed by atoms with Gasteiger partial charge in [-0.1, -0.05) is 23.7 Å². The smallest absolute Gasteiger partial charge is 0.336 e. The number of aromatic hydroxyl groups is 1. The van der Waals surface area contributed by atoms with Gasteiger partial charge < -0.3 is 19.3 Å². The third-order valence-corrected chi connectivity index (χ3v) is 5.64. The van der Waals surface area contributed by atoms with Crippen LogP contribution in [0.1, 0.15) is 11.1 Å². The Bertz CT molecular complexity index is 1040. The number of hydrogen-bond acceptors (Lipinski definition) is 4. The number of halogens is 1. The van der Waals surface area contributed by atoms with E-state index in [2.05, 4.69) is 11.0 Å². The van der Waals surface area contributed by atoms with Crippen molar-refractivity contribution in [3.05, 3.63) is 69.0 Å². The molecule has 0 spiro atoms. The minimum Gasteiger partial charge on any atom is -0.508 e. The molecule has 1 aromatic heterocycles. The minimum absolute atomic E-state index is 0.142. The van der Waals surface area contributed by atoms with E-state index in [1.54, 1.807) is 19.1 Å². The Hall–Kier alpha value is -2.50. The van der Waals surface area contributed by atoms with Gasteiger partial charge in [0.1, 0.15) is 17.9 Å². The van der Waals surface area contributed by atoms with E-state index in [9.17, 15) is 9.90 Å². The number of piperazine rings is 1. The number of rotatable bonds is 3. The Balaban J connectivity index is 1.54. The summed E-state index contributed by atoms with van der Waals surface area (Å²) in [5, 5.41) is 11.6. The molecule has 0 saturated carbocycles. The molecule has 1 aliphatic heterocycles. The third kappa shape index (κ3) is 3.53. The molecule has 2 aromatic carbocycles. The molecule has 3 aromatic rings. The molecular weight excluding hydrogens is 364 g/mol. The monoisotopic (exact) mass is 385 g/mol. The molecule has 140 valence electrons. The molecule has 2 heterocycles. The van der Waals surface area contributed by atoms with Gasteiger partial charge in [0.05, 0.1) is 36.9 Å². The molecule has 1 aliphatic rings. The summed E-state index contributed by atoms with van der Waals surface area (Å²) in [5.74, 6) is 0.142. The highest BCUT2D eigenvalue weighted by molar-refractivity contribution is 6.33. The lowest BCUT2D eigenvalue weighted by molar-refractivity contribution is -0.914. The summed E-state index contributed by atoms with van der Waals surface area (Å²) in [6.07, 6.45) is 0. The third-order valence-electron chi connectivity index (χ3n) is 5.32. The number of benzene rings is 2. The van der Waals surface area contributed by atoms with E-state index in [0.717, 1.165) is 54.4 Å². The van der Waals surface area contributed by atoms with Crippen molar-refractivity contribution in [1.82, 2.24) is 0 Å². The zero-order valence-corrected chi connectivity index (χ0v) is 15.9. The Kier molecular flexibility index (Phi) is 4.81. The molecule has 2 N–H and O–H groups in total. The van der Waals surface area contributed by atoms with Crippen LogP contribution < -0.4 is 15.4 Å². The molecule has 0 aliphatic carbocycles. The highest BCUT2D eigenvalue weighted by Crippen LogP contribution is 2.27. The van der Waals surface area contributed by atoms with Gasteiger partial charge in [0.15, 0.2) is 0 Å². The van der Waals surface area contributed by atoms with Crippen molar-refractivity contribution >= 4 is 28.3 Å². The summed E-state index contributed by atoms with van der Waals surface area (Å²) in [4.78, 5) is 15.7. The van der Waals surface area contributed by atoms with Crippen LogP contribution in [-0.4, -0.2) is 31.3 Å². The molecule has 0 unspecified atom stereocenters. The van der Waals surface area contributed by atoms with Crippen molar-refractivity contribution in [2.24, 2.45) is 0 Å². The second-order valence-corrected chi connectivity index (χ2v) is 7.45. The summed E-state index contributed by atoms with van der Waals surface area (Å²) < 4.78 is 5.34. The average Bonchev–Trinajstić information content (AvgIpc) is 2.66. The fourth-order valence-corrected chi connectivity index (χ4v) is 4.04. The maximum absolute atomic E-state index is 12.0. The minimum atomic E-state index is -0.375. The molecule has 1 saturated heterocycles. The van der Waals surface area contributed by atoms with Gasteiger partial charge in [-0.25, -0.2) is 4.79 Å². The van der Waals surface area contributed by atoms with Crippen LogP contribution in [0.5, 0.6) is 5.75 Å². The Labute approximate surface area is 162 Å². The highest BCUT2D eigenvalue weighted by atomic mass is 35.5. The van der Waals surface area contributed by atoms with Gasteiger partial charge in [-0.05, 0) is 31.2 Å². The predicted molar refractivity (Wildman–Crippen MR) is 107 cm³/mol. The van der Waals surface area contributed by atoms with E-state index in [1.807, 2.05) is 24.3 Å². The number of anilines is 1. The van der Waals surface area contributed by atoms with Gasteiger partial charge in [-0.2, -0.15) is 0 Å². The Morgan fingerprint density at radius 3 is 2.67 bits per heavy atom. The molecule has 5 nitrogen and oxygen atoms in total. The zero-order chi connectivity index (χ0) is 19.0. The van der Waals surface area contributed by atoms with E-state index in [4.69, 9.17) is 16.0 Å². The SMILES string of the molecule is Cc1c(O)ccc2c(C[NH+]3CCN(c4ccccc4Cl)CC3)cc(=O)oc12. The normalized spacial score (nSPS) is 15.4. The quantitative estimate of drug-likeness (QED) is 0.680. The van der Waals surface area contributed by atoms with E-state index in [-0.39, 0.29) is 11.4 Å². The van der Waals surface area contributed by atoms with Crippen molar-refractivity contribution in [3.8, 4) is 5.75 Å². The van der Waals surface area contributed by atoms with Gasteiger partial charge in [-0.3, -0.25) is 0 Å². The second-order valence-electron chi connectivity index (χ2n) is 7.04. The first-order valence-electron chi connectivity index (χ1n) is 9.11. The van der Waals surface area contributed by atoms with Crippen molar-refractivity contribution in [1.29, 1.82) is 0 Å². The summed E-state index contributed by atoms with van der Waals surface area (Å²) in [7, 11) is 0. The molecule has 27 heavy (non-hydrogen) atoms. The number of nitrogens with zero attached hydrogens (tertiary/aromatic N) is 1. The van der Waals surface area contributed by atoms with Gasteiger partial charge in [0, 0.05) is 22.6 Å². The summed E-state index contributed by atoms with van der Waals surface area (Å²) in [6.45, 7) is 6.27. The highest BCUT2D eigenvalue weighted by Gasteiger charge is 2.23. The molecule has 1 fully saturated rings. The molecule has 0 bridgehead atoms. The van der Waals surface area contributed by atoms with E-state index >= 15 is 0 Å². The standard InChI is InChI=1S/C21H21ClN2O3/c1-14-19(25)7-6-16-15(12-20(26)27-21(14)16)13-23-8-10-24(11-9-23)18-5-3-2-4-17(18)22/h2-7,12,25H,8-11,13H2,1H3/p+1. The van der Waals surface area contributed by atoms with Crippen LogP contribution in [-0.2, 0) is 6.54 Å². The van der Waals surface area contributed by atoms with Crippen molar-refractivity contribution in [2.75, 3.05) is 31.1 Å². The predicted octanol–water partition coefficient (Wildman–Crippen LogP) is 2.37. The number of phenols is 1. The van der Waals surface area contributed by atoms with Gasteiger partial charge in [-0.15, -0.1) is 0 Å². The van der Waals surface area contributed by atoms with Crippen molar-refractivity contribution < 1.29 is 14.4 Å². The number of nitrogens with one attached hydrogen (secondary N) is 1. The van der Waals surface area contributed by atoms with Crippen LogP contribution in [0.3, 0.4) is 0 Å². The number of aryl methyl sites for hydroxylation is 1. The van der Waals surface area contributed by atoms with Crippen LogP contribution in [0.4, 0.5) is 5.69 Å². The lowest BCUT2D eigenvalue weighted by Gasteiger charge is -2.34. The molecule has 6 heteroatoms. The topological polar surface area (TPSA) is 58.1 Å². The Morgan fingerprint density at radius 1 is 1.19 bits per heavy atom. The van der Waals surface area contributed by atoms with Crippen LogP contribution in [0.25, 0.3) is 11.0 Å². The van der Waals surface area contributed by atoms with Crippen LogP contribution in [0, 0.1) is 6.92 Å². The number of quaternary nitrogens is 1. The van der Waals surface area contributed by atoms with Gasteiger partial charge in [0.2, 0.25) is 0 Å². The molecule has 0 atom stereocenters. The van der Waals surface area contributed by atoms with E-state index in [0.29, 0.717) is 11.1 Å². The fourth-order valence-electron chi connectivity index (χ4n) is 3.78. The first-order chi connectivity index (χ1) is 13.0.